The number of nitrogens with zero attached hydrogens (tertiary/aromatic N) is 3. The number of nitrogens with one attached hydrogen (secondary N) is 1. The van der Waals surface area contributed by atoms with E-state index >= 15 is 0 Å². The minimum Gasteiger partial charge on any atom is -0.376 e. The summed E-state index contributed by atoms with van der Waals surface area (Å²) in [4.78, 5) is 2.58. The number of sulfonamides is 1. The van der Waals surface area contributed by atoms with Gasteiger partial charge in [0.05, 0.1) is 18.4 Å². The second kappa shape index (κ2) is 5.35. The van der Waals surface area contributed by atoms with Crippen LogP contribution in [0.2, 0.25) is 0 Å². The van der Waals surface area contributed by atoms with Crippen molar-refractivity contribution in [1.82, 2.24) is 19.4 Å². The maximum atomic E-state index is 12.5. The first kappa shape index (κ1) is 15.0. The molecule has 1 aromatic rings. The second-order valence-electron chi connectivity index (χ2n) is 6.06. The fourth-order valence-electron chi connectivity index (χ4n) is 3.25. The van der Waals surface area contributed by atoms with Crippen LogP contribution in [-0.4, -0.2) is 61.0 Å². The van der Waals surface area contributed by atoms with Crippen molar-refractivity contribution in [3.8, 4) is 0 Å². The van der Waals surface area contributed by atoms with Crippen molar-refractivity contribution in [2.75, 3.05) is 19.7 Å². The van der Waals surface area contributed by atoms with Crippen LogP contribution in [0.25, 0.3) is 0 Å². The van der Waals surface area contributed by atoms with Gasteiger partial charge < -0.3 is 4.74 Å². The normalized spacial score (nSPS) is 30.5. The third kappa shape index (κ3) is 2.98. The van der Waals surface area contributed by atoms with E-state index in [1.54, 1.807) is 20.2 Å². The predicted octanol–water partition coefficient (Wildman–Crippen LogP) is -0.132. The molecule has 2 fully saturated rings. The van der Waals surface area contributed by atoms with Crippen molar-refractivity contribution >= 4 is 10.0 Å². The van der Waals surface area contributed by atoms with Gasteiger partial charge in [-0.25, -0.2) is 13.1 Å². The molecule has 118 valence electrons. The maximum Gasteiger partial charge on any atom is 0.244 e. The number of ether oxygens (including phenoxy) is 1. The highest BCUT2D eigenvalue weighted by Gasteiger charge is 2.38. The zero-order valence-corrected chi connectivity index (χ0v) is 13.4. The standard InChI is InChI=1S/C13H22N4O3S/c1-9-5-17-6-11(4-12(17)8-20-9)15-21(18,19)13-7-16(3)14-10(13)2/h7,9,11-12,15H,4-6,8H2,1-3H3/t9-,11-,12-/m0/s1. The molecule has 3 atom stereocenters. The Bertz CT molecular complexity index is 627. The summed E-state index contributed by atoms with van der Waals surface area (Å²) in [5, 5.41) is 4.10. The average Bonchev–Trinajstić information content (AvgIpc) is 2.91. The Morgan fingerprint density at radius 3 is 2.86 bits per heavy atom. The van der Waals surface area contributed by atoms with Gasteiger partial charge in [-0.3, -0.25) is 9.58 Å². The van der Waals surface area contributed by atoms with Gasteiger partial charge in [0.1, 0.15) is 4.90 Å². The van der Waals surface area contributed by atoms with Crippen molar-refractivity contribution in [3.05, 3.63) is 11.9 Å². The molecule has 0 spiro atoms. The summed E-state index contributed by atoms with van der Waals surface area (Å²) >= 11 is 0. The van der Waals surface area contributed by atoms with Crippen molar-refractivity contribution < 1.29 is 13.2 Å². The Morgan fingerprint density at radius 1 is 1.43 bits per heavy atom. The number of hydrogen-bond donors (Lipinski definition) is 1. The lowest BCUT2D eigenvalue weighted by Crippen LogP contribution is -2.45. The number of rotatable bonds is 3. The molecule has 0 aromatic carbocycles. The molecule has 1 aromatic heterocycles. The number of hydrogen-bond acceptors (Lipinski definition) is 5. The van der Waals surface area contributed by atoms with Crippen molar-refractivity contribution in [2.24, 2.45) is 7.05 Å². The van der Waals surface area contributed by atoms with Crippen LogP contribution in [0.5, 0.6) is 0 Å². The molecule has 0 amide bonds. The largest absolute Gasteiger partial charge is 0.376 e. The van der Waals surface area contributed by atoms with Crippen molar-refractivity contribution in [3.63, 3.8) is 0 Å². The Kier molecular flexibility index (Phi) is 3.81. The first-order valence-electron chi connectivity index (χ1n) is 7.23. The molecular formula is C13H22N4O3S. The van der Waals surface area contributed by atoms with E-state index < -0.39 is 10.0 Å². The molecule has 3 rings (SSSR count). The van der Waals surface area contributed by atoms with Crippen molar-refractivity contribution in [1.29, 1.82) is 0 Å². The molecule has 0 unspecified atom stereocenters. The number of aryl methyl sites for hydroxylation is 2. The number of morpholine rings is 1. The first-order valence-corrected chi connectivity index (χ1v) is 8.71. The summed E-state index contributed by atoms with van der Waals surface area (Å²) in [5.74, 6) is 0. The van der Waals surface area contributed by atoms with E-state index in [1.807, 2.05) is 6.92 Å². The fourth-order valence-corrected chi connectivity index (χ4v) is 4.71. The van der Waals surface area contributed by atoms with Gasteiger partial charge in [-0.05, 0) is 20.3 Å². The Morgan fingerprint density at radius 2 is 2.19 bits per heavy atom. The lowest BCUT2D eigenvalue weighted by molar-refractivity contribution is -0.0390. The topological polar surface area (TPSA) is 76.5 Å². The second-order valence-corrected chi connectivity index (χ2v) is 7.74. The Labute approximate surface area is 125 Å². The molecule has 0 aliphatic carbocycles. The molecule has 21 heavy (non-hydrogen) atoms. The van der Waals surface area contributed by atoms with Crippen LogP contribution >= 0.6 is 0 Å². The zero-order chi connectivity index (χ0) is 15.2. The molecular weight excluding hydrogens is 292 g/mol. The molecule has 0 bridgehead atoms. The third-order valence-corrected chi connectivity index (χ3v) is 5.80. The highest BCUT2D eigenvalue weighted by Crippen LogP contribution is 2.24. The smallest absolute Gasteiger partial charge is 0.244 e. The summed E-state index contributed by atoms with van der Waals surface area (Å²) in [6.07, 6.45) is 2.56. The summed E-state index contributed by atoms with van der Waals surface area (Å²) < 4.78 is 34.9. The van der Waals surface area contributed by atoms with Gasteiger partial charge in [-0.2, -0.15) is 5.10 Å². The molecule has 8 heteroatoms. The van der Waals surface area contributed by atoms with Gasteiger partial charge in [0.15, 0.2) is 0 Å². The van der Waals surface area contributed by atoms with Crippen LogP contribution in [0.4, 0.5) is 0 Å². The van der Waals surface area contributed by atoms with E-state index in [2.05, 4.69) is 14.7 Å². The van der Waals surface area contributed by atoms with E-state index in [4.69, 9.17) is 4.74 Å². The number of aromatic nitrogens is 2. The molecule has 0 saturated carbocycles. The van der Waals surface area contributed by atoms with Crippen LogP contribution in [0.1, 0.15) is 19.0 Å². The summed E-state index contributed by atoms with van der Waals surface area (Å²) in [5.41, 5.74) is 0.526. The minimum atomic E-state index is -3.51. The lowest BCUT2D eigenvalue weighted by atomic mass is 10.2. The van der Waals surface area contributed by atoms with Crippen LogP contribution in [0.15, 0.2) is 11.1 Å². The Balaban J connectivity index is 1.71. The average molecular weight is 314 g/mol. The summed E-state index contributed by atoms with van der Waals surface area (Å²) in [6, 6.07) is 0.261. The van der Waals surface area contributed by atoms with E-state index in [0.29, 0.717) is 18.3 Å². The third-order valence-electron chi connectivity index (χ3n) is 4.17. The summed E-state index contributed by atoms with van der Waals surface area (Å²) in [6.45, 7) is 6.06. The molecule has 2 aliphatic rings. The SMILES string of the molecule is Cc1nn(C)cc1S(=O)(=O)N[C@H]1C[C@H]2CO[C@@H](C)CN2C1. The quantitative estimate of drug-likeness (QED) is 0.841. The molecule has 2 aliphatic heterocycles. The molecule has 3 heterocycles. The van der Waals surface area contributed by atoms with Crippen molar-refractivity contribution in [2.45, 2.75) is 43.4 Å². The van der Waals surface area contributed by atoms with Crippen LogP contribution in [0.3, 0.4) is 0 Å². The maximum absolute atomic E-state index is 12.5. The monoisotopic (exact) mass is 314 g/mol. The van der Waals surface area contributed by atoms with Gasteiger partial charge in [-0.1, -0.05) is 0 Å². The highest BCUT2D eigenvalue weighted by atomic mass is 32.2. The number of fused-ring (bicyclic) bond motifs is 1. The summed E-state index contributed by atoms with van der Waals surface area (Å²) in [7, 11) is -1.79. The van der Waals surface area contributed by atoms with Gasteiger partial charge in [0, 0.05) is 38.4 Å². The van der Waals surface area contributed by atoms with Gasteiger partial charge in [-0.15, -0.1) is 0 Å². The van der Waals surface area contributed by atoms with Gasteiger partial charge in [0.2, 0.25) is 10.0 Å². The lowest BCUT2D eigenvalue weighted by Gasteiger charge is -2.33. The van der Waals surface area contributed by atoms with Crippen LogP contribution < -0.4 is 4.72 Å². The van der Waals surface area contributed by atoms with Crippen LogP contribution in [0, 0.1) is 6.92 Å². The molecule has 1 N–H and O–H groups in total. The van der Waals surface area contributed by atoms with E-state index in [1.165, 1.54) is 4.68 Å². The zero-order valence-electron chi connectivity index (χ0n) is 12.6. The van der Waals surface area contributed by atoms with E-state index in [9.17, 15) is 8.42 Å². The van der Waals surface area contributed by atoms with E-state index in [0.717, 1.165) is 19.5 Å². The molecule has 0 radical (unpaired) electrons. The first-order chi connectivity index (χ1) is 9.85. The van der Waals surface area contributed by atoms with E-state index in [-0.39, 0.29) is 17.0 Å². The predicted molar refractivity (Wildman–Crippen MR) is 77.4 cm³/mol. The van der Waals surface area contributed by atoms with Gasteiger partial charge >= 0.3 is 0 Å². The van der Waals surface area contributed by atoms with Gasteiger partial charge in [0.25, 0.3) is 0 Å². The fraction of sp³-hybridized carbons (Fsp3) is 0.769. The minimum absolute atomic E-state index is 0.0616. The Hall–Kier alpha value is -0.960. The highest BCUT2D eigenvalue weighted by molar-refractivity contribution is 7.89. The van der Waals surface area contributed by atoms with Crippen LogP contribution in [-0.2, 0) is 21.8 Å². The molecule has 2 saturated heterocycles. The molecule has 7 nitrogen and oxygen atoms in total.